The van der Waals surface area contributed by atoms with Crippen LogP contribution in [0.5, 0.6) is 0 Å². The average Bonchev–Trinajstić information content (AvgIpc) is 3.07. The van der Waals surface area contributed by atoms with Crippen molar-refractivity contribution in [2.45, 2.75) is 45.1 Å². The van der Waals surface area contributed by atoms with Gasteiger partial charge in [0.2, 0.25) is 0 Å². The average molecular weight is 418 g/mol. The van der Waals surface area contributed by atoms with E-state index in [-0.39, 0.29) is 12.5 Å². The lowest BCUT2D eigenvalue weighted by atomic mass is 9.92. The second-order valence-electron chi connectivity index (χ2n) is 7.85. The Morgan fingerprint density at radius 3 is 2.69 bits per heavy atom. The molecule has 1 aliphatic heterocycles. The number of carbonyl (C=O) groups is 2. The third-order valence-electron chi connectivity index (χ3n) is 5.99. The van der Waals surface area contributed by atoms with Gasteiger partial charge in [-0.25, -0.2) is 0 Å². The molecule has 1 aromatic heterocycles. The van der Waals surface area contributed by atoms with Crippen LogP contribution in [0.25, 0.3) is 0 Å². The van der Waals surface area contributed by atoms with E-state index in [0.717, 1.165) is 42.5 Å². The third kappa shape index (κ3) is 3.53. The van der Waals surface area contributed by atoms with Gasteiger partial charge in [0.15, 0.2) is 5.82 Å². The number of aliphatic hydroxyl groups excluding tert-OH is 1. The summed E-state index contributed by atoms with van der Waals surface area (Å²) in [5.74, 6) is -1.32. The topological polar surface area (TPSA) is 95.7 Å². The number of β-amino-alcohol motifs (C(OH)–C–C–N with tert-alkyl or cyclic N) is 1. The van der Waals surface area contributed by atoms with Crippen LogP contribution in [0.3, 0.4) is 0 Å². The number of hydrogen-bond acceptors (Lipinski definition) is 5. The summed E-state index contributed by atoms with van der Waals surface area (Å²) in [4.78, 5) is 26.5. The summed E-state index contributed by atoms with van der Waals surface area (Å²) in [6.07, 6.45) is 2.94. The molecule has 2 unspecified atom stereocenters. The quantitative estimate of drug-likeness (QED) is 0.797. The van der Waals surface area contributed by atoms with Crippen LogP contribution in [0.15, 0.2) is 18.2 Å². The van der Waals surface area contributed by atoms with Crippen molar-refractivity contribution in [1.29, 1.82) is 0 Å². The molecule has 2 aliphatic rings. The number of carboxylic acids is 1. The smallest absolute Gasteiger partial charge is 0.309 e. The minimum Gasteiger partial charge on any atom is -0.481 e. The normalized spacial score (nSPS) is 21.7. The molecule has 1 fully saturated rings. The van der Waals surface area contributed by atoms with Crippen LogP contribution >= 0.6 is 11.6 Å². The van der Waals surface area contributed by atoms with E-state index in [1.807, 2.05) is 24.0 Å². The summed E-state index contributed by atoms with van der Waals surface area (Å²) in [7, 11) is 0. The molecule has 0 bridgehead atoms. The number of aliphatic hydroxyl groups is 1. The number of fused-ring (bicyclic) bond motifs is 1. The van der Waals surface area contributed by atoms with Gasteiger partial charge in [-0.1, -0.05) is 23.7 Å². The first kappa shape index (κ1) is 19.9. The van der Waals surface area contributed by atoms with Crippen molar-refractivity contribution in [3.05, 3.63) is 45.6 Å². The second-order valence-corrected chi connectivity index (χ2v) is 8.26. The fraction of sp³-hybridized carbons (Fsp3) is 0.476. The van der Waals surface area contributed by atoms with Crippen molar-refractivity contribution in [3.8, 4) is 0 Å². The Bertz CT molecular complexity index is 951. The molecule has 2 atom stereocenters. The fourth-order valence-electron chi connectivity index (χ4n) is 4.42. The Labute approximate surface area is 173 Å². The van der Waals surface area contributed by atoms with E-state index in [2.05, 4.69) is 5.10 Å². The summed E-state index contributed by atoms with van der Waals surface area (Å²) >= 11 is 6.32. The zero-order valence-electron chi connectivity index (χ0n) is 16.3. The molecule has 0 amide bonds. The van der Waals surface area contributed by atoms with E-state index in [4.69, 9.17) is 11.6 Å². The van der Waals surface area contributed by atoms with Gasteiger partial charge >= 0.3 is 5.97 Å². The summed E-state index contributed by atoms with van der Waals surface area (Å²) in [5, 5.41) is 24.6. The van der Waals surface area contributed by atoms with Crippen LogP contribution in [-0.4, -0.2) is 51.1 Å². The molecular formula is C21H24ClN3O4. The molecule has 2 heterocycles. The molecule has 0 spiro atoms. The van der Waals surface area contributed by atoms with E-state index in [1.165, 1.54) is 4.68 Å². The Hall–Kier alpha value is -2.38. The zero-order valence-corrected chi connectivity index (χ0v) is 17.0. The molecule has 2 aromatic rings. The second kappa shape index (κ2) is 7.80. The largest absolute Gasteiger partial charge is 0.481 e. The maximum absolute atomic E-state index is 13.3. The molecule has 1 saturated heterocycles. The van der Waals surface area contributed by atoms with Gasteiger partial charge in [0, 0.05) is 18.7 Å². The van der Waals surface area contributed by atoms with Gasteiger partial charge in [0.05, 0.1) is 28.3 Å². The number of halogens is 1. The van der Waals surface area contributed by atoms with Gasteiger partial charge in [-0.15, -0.1) is 5.10 Å². The molecule has 1 aromatic carbocycles. The lowest BCUT2D eigenvalue weighted by Gasteiger charge is -2.34. The first-order chi connectivity index (χ1) is 13.9. The van der Waals surface area contributed by atoms with Crippen LogP contribution in [0.4, 0.5) is 5.82 Å². The zero-order chi connectivity index (χ0) is 20.7. The van der Waals surface area contributed by atoms with E-state index in [0.29, 0.717) is 29.4 Å². The number of piperidine rings is 1. The van der Waals surface area contributed by atoms with Crippen molar-refractivity contribution in [3.63, 3.8) is 0 Å². The van der Waals surface area contributed by atoms with E-state index in [1.54, 1.807) is 6.07 Å². The maximum Gasteiger partial charge on any atom is 0.309 e. The van der Waals surface area contributed by atoms with Crippen LogP contribution in [-0.2, 0) is 17.6 Å². The Balaban J connectivity index is 1.72. The minimum atomic E-state index is -0.978. The molecule has 4 rings (SSSR count). The molecule has 7 nitrogen and oxygen atoms in total. The van der Waals surface area contributed by atoms with Gasteiger partial charge in [0.1, 0.15) is 0 Å². The van der Waals surface area contributed by atoms with Crippen LogP contribution in [0, 0.1) is 12.8 Å². The molecule has 2 N–H and O–H groups in total. The number of aromatic nitrogens is 2. The Morgan fingerprint density at radius 1 is 1.24 bits per heavy atom. The van der Waals surface area contributed by atoms with Crippen molar-refractivity contribution in [1.82, 2.24) is 9.78 Å². The number of carbonyl (C=O) groups excluding carboxylic acids is 1. The molecule has 0 radical (unpaired) electrons. The van der Waals surface area contributed by atoms with Crippen molar-refractivity contribution in [2.24, 2.45) is 5.92 Å². The molecular weight excluding hydrogens is 394 g/mol. The van der Waals surface area contributed by atoms with Gasteiger partial charge in [0.25, 0.3) is 5.91 Å². The predicted octanol–water partition coefficient (Wildman–Crippen LogP) is 2.68. The van der Waals surface area contributed by atoms with Crippen molar-refractivity contribution >= 4 is 29.3 Å². The SMILES string of the molecule is Cc1cccc(Cl)c1C(=O)n1nc(N2CCC(C(=O)O)C(O)C2)c2c1CCCC2. The van der Waals surface area contributed by atoms with Crippen molar-refractivity contribution in [2.75, 3.05) is 18.0 Å². The lowest BCUT2D eigenvalue weighted by Crippen LogP contribution is -2.47. The molecule has 8 heteroatoms. The summed E-state index contributed by atoms with van der Waals surface area (Å²) in [5.41, 5.74) is 3.16. The van der Waals surface area contributed by atoms with Crippen LogP contribution in [0.2, 0.25) is 5.02 Å². The van der Waals surface area contributed by atoms with E-state index >= 15 is 0 Å². The highest BCUT2D eigenvalue weighted by Gasteiger charge is 2.36. The van der Waals surface area contributed by atoms with Crippen LogP contribution < -0.4 is 4.90 Å². The maximum atomic E-state index is 13.3. The van der Waals surface area contributed by atoms with Crippen LogP contribution in [0.1, 0.15) is 46.4 Å². The highest BCUT2D eigenvalue weighted by Crippen LogP contribution is 2.34. The van der Waals surface area contributed by atoms with Gasteiger partial charge in [-0.05, 0) is 50.7 Å². The first-order valence-electron chi connectivity index (χ1n) is 9.95. The Morgan fingerprint density at radius 2 is 2.00 bits per heavy atom. The first-order valence-corrected chi connectivity index (χ1v) is 10.3. The number of aryl methyl sites for hydroxylation is 1. The standard InChI is InChI=1S/C21H24ClN3O4/c1-12-5-4-7-15(22)18(12)20(27)25-16-8-3-2-6-13(16)19(23-25)24-10-9-14(21(28)29)17(26)11-24/h4-5,7,14,17,26H,2-3,6,8-11H2,1H3,(H,28,29). The predicted molar refractivity (Wildman–Crippen MR) is 109 cm³/mol. The van der Waals surface area contributed by atoms with Gasteiger partial charge in [-0.3, -0.25) is 9.59 Å². The summed E-state index contributed by atoms with van der Waals surface area (Å²) in [6, 6.07) is 5.36. The minimum absolute atomic E-state index is 0.194. The number of nitrogens with zero attached hydrogens (tertiary/aromatic N) is 3. The number of anilines is 1. The molecule has 29 heavy (non-hydrogen) atoms. The third-order valence-corrected chi connectivity index (χ3v) is 6.30. The molecule has 1 aliphatic carbocycles. The Kier molecular flexibility index (Phi) is 5.36. The number of aliphatic carboxylic acids is 1. The number of rotatable bonds is 3. The van der Waals surface area contributed by atoms with Gasteiger partial charge in [-0.2, -0.15) is 4.68 Å². The molecule has 154 valence electrons. The fourth-order valence-corrected chi connectivity index (χ4v) is 4.72. The summed E-state index contributed by atoms with van der Waals surface area (Å²) < 4.78 is 1.47. The number of benzene rings is 1. The highest BCUT2D eigenvalue weighted by atomic mass is 35.5. The van der Waals surface area contributed by atoms with Crippen molar-refractivity contribution < 1.29 is 19.8 Å². The molecule has 0 saturated carbocycles. The lowest BCUT2D eigenvalue weighted by molar-refractivity contribution is -0.146. The number of carboxylic acid groups (broad SMARTS) is 1. The monoisotopic (exact) mass is 417 g/mol. The van der Waals surface area contributed by atoms with Gasteiger partial charge < -0.3 is 15.1 Å². The summed E-state index contributed by atoms with van der Waals surface area (Å²) in [6.45, 7) is 2.53. The number of hydrogen-bond donors (Lipinski definition) is 2. The highest BCUT2D eigenvalue weighted by molar-refractivity contribution is 6.34. The van der Waals surface area contributed by atoms with E-state index < -0.39 is 18.0 Å². The van der Waals surface area contributed by atoms with E-state index in [9.17, 15) is 19.8 Å².